The Kier molecular flexibility index (Phi) is 2.67. The molecule has 0 radical (unpaired) electrons. The Labute approximate surface area is 85.9 Å². The average molecular weight is 187 g/mol. The van der Waals surface area contributed by atoms with Crippen molar-refractivity contribution in [2.45, 2.75) is 32.6 Å². The summed E-state index contributed by atoms with van der Waals surface area (Å²) in [4.78, 5) is 4.38. The molecule has 0 saturated carbocycles. The van der Waals surface area contributed by atoms with Gasteiger partial charge >= 0.3 is 0 Å². The highest BCUT2D eigenvalue weighted by Crippen LogP contribution is 2.23. The van der Waals surface area contributed by atoms with Crippen LogP contribution in [0.5, 0.6) is 0 Å². The van der Waals surface area contributed by atoms with Crippen LogP contribution >= 0.6 is 0 Å². The molecule has 1 aromatic rings. The summed E-state index contributed by atoms with van der Waals surface area (Å²) in [5.74, 6) is 0. The maximum atomic E-state index is 4.38. The molecule has 1 aromatic carbocycles. The predicted octanol–water partition coefficient (Wildman–Crippen LogP) is 3.00. The molecule has 1 heteroatoms. The predicted molar refractivity (Wildman–Crippen MR) is 61.2 cm³/mol. The Bertz CT molecular complexity index is 363. The van der Waals surface area contributed by atoms with E-state index in [-0.39, 0.29) is 0 Å². The fourth-order valence-electron chi connectivity index (χ4n) is 2.14. The molecule has 2 rings (SSSR count). The average Bonchev–Trinajstić information content (AvgIpc) is 2.27. The van der Waals surface area contributed by atoms with Crippen LogP contribution < -0.4 is 0 Å². The zero-order valence-corrected chi connectivity index (χ0v) is 9.01. The minimum atomic E-state index is 1.12. The highest BCUT2D eigenvalue weighted by atomic mass is 14.7. The van der Waals surface area contributed by atoms with Gasteiger partial charge < -0.3 is 0 Å². The minimum absolute atomic E-state index is 1.12. The molecule has 1 aliphatic rings. The molecule has 0 unspecified atom stereocenters. The van der Waals surface area contributed by atoms with Crippen LogP contribution in [-0.2, 0) is 12.8 Å². The zero-order valence-electron chi connectivity index (χ0n) is 9.01. The van der Waals surface area contributed by atoms with Crippen LogP contribution in [0.4, 0.5) is 0 Å². The standard InChI is InChI=1S/C13H17N/c1-3-10-7-8-11-5-4-6-13(14-2)12(11)9-10/h7-9H,3-6H2,1-2H3/b14-13+. The molecule has 0 aliphatic heterocycles. The summed E-state index contributed by atoms with van der Waals surface area (Å²) < 4.78 is 0. The molecular weight excluding hydrogens is 170 g/mol. The van der Waals surface area contributed by atoms with Crippen LogP contribution in [0.3, 0.4) is 0 Å². The Morgan fingerprint density at radius 2 is 2.14 bits per heavy atom. The SMILES string of the molecule is CCc1ccc2c(c1)/C(=N/C)CCC2. The van der Waals surface area contributed by atoms with E-state index in [2.05, 4.69) is 30.1 Å². The van der Waals surface area contributed by atoms with Gasteiger partial charge in [0.15, 0.2) is 0 Å². The van der Waals surface area contributed by atoms with E-state index in [9.17, 15) is 0 Å². The van der Waals surface area contributed by atoms with E-state index in [1.807, 2.05) is 7.05 Å². The molecule has 14 heavy (non-hydrogen) atoms. The van der Waals surface area contributed by atoms with Crippen LogP contribution in [0.2, 0.25) is 0 Å². The molecule has 0 amide bonds. The fraction of sp³-hybridized carbons (Fsp3) is 0.462. The van der Waals surface area contributed by atoms with Crippen LogP contribution in [0.1, 0.15) is 36.5 Å². The number of nitrogens with zero attached hydrogens (tertiary/aromatic N) is 1. The van der Waals surface area contributed by atoms with Crippen LogP contribution in [0, 0.1) is 0 Å². The number of hydrogen-bond acceptors (Lipinski definition) is 1. The third-order valence-corrected chi connectivity index (χ3v) is 3.02. The molecule has 1 nitrogen and oxygen atoms in total. The molecule has 0 atom stereocenters. The summed E-state index contributed by atoms with van der Waals surface area (Å²) in [6.45, 7) is 2.20. The van der Waals surface area contributed by atoms with Crippen molar-refractivity contribution < 1.29 is 0 Å². The van der Waals surface area contributed by atoms with Gasteiger partial charge in [-0.3, -0.25) is 4.99 Å². The summed E-state index contributed by atoms with van der Waals surface area (Å²) in [6, 6.07) is 6.84. The monoisotopic (exact) mass is 187 g/mol. The van der Waals surface area contributed by atoms with Gasteiger partial charge in [0, 0.05) is 12.8 Å². The molecular formula is C13H17N. The van der Waals surface area contributed by atoms with E-state index in [1.165, 1.54) is 35.2 Å². The summed E-state index contributed by atoms with van der Waals surface area (Å²) in [5, 5.41) is 0. The Morgan fingerprint density at radius 1 is 1.29 bits per heavy atom. The van der Waals surface area contributed by atoms with Crippen LogP contribution in [0.15, 0.2) is 23.2 Å². The van der Waals surface area contributed by atoms with E-state index >= 15 is 0 Å². The van der Waals surface area contributed by atoms with E-state index < -0.39 is 0 Å². The summed E-state index contributed by atoms with van der Waals surface area (Å²) in [6.07, 6.45) is 4.74. The zero-order chi connectivity index (χ0) is 9.97. The largest absolute Gasteiger partial charge is 0.292 e. The Morgan fingerprint density at radius 3 is 2.86 bits per heavy atom. The number of aliphatic imine (C=N–C) groups is 1. The topological polar surface area (TPSA) is 12.4 Å². The van der Waals surface area contributed by atoms with Crippen molar-refractivity contribution in [2.75, 3.05) is 7.05 Å². The lowest BCUT2D eigenvalue weighted by Gasteiger charge is -2.18. The highest BCUT2D eigenvalue weighted by Gasteiger charge is 2.14. The third-order valence-electron chi connectivity index (χ3n) is 3.02. The van der Waals surface area contributed by atoms with Gasteiger partial charge in [-0.15, -0.1) is 0 Å². The van der Waals surface area contributed by atoms with E-state index in [1.54, 1.807) is 0 Å². The first kappa shape index (κ1) is 9.45. The fourth-order valence-corrected chi connectivity index (χ4v) is 2.14. The number of benzene rings is 1. The van der Waals surface area contributed by atoms with Crippen molar-refractivity contribution in [1.29, 1.82) is 0 Å². The first-order chi connectivity index (χ1) is 6.85. The normalized spacial score (nSPS) is 18.3. The first-order valence-corrected chi connectivity index (χ1v) is 5.43. The van der Waals surface area contributed by atoms with Crippen molar-refractivity contribution in [3.05, 3.63) is 34.9 Å². The van der Waals surface area contributed by atoms with Gasteiger partial charge in [-0.05, 0) is 48.4 Å². The van der Waals surface area contributed by atoms with Crippen molar-refractivity contribution in [1.82, 2.24) is 0 Å². The van der Waals surface area contributed by atoms with Crippen molar-refractivity contribution in [3.63, 3.8) is 0 Å². The van der Waals surface area contributed by atoms with Crippen molar-refractivity contribution in [2.24, 2.45) is 4.99 Å². The van der Waals surface area contributed by atoms with Gasteiger partial charge in [0.05, 0.1) is 0 Å². The summed E-state index contributed by atoms with van der Waals surface area (Å²) in [5.41, 5.74) is 5.60. The van der Waals surface area contributed by atoms with Gasteiger partial charge in [-0.1, -0.05) is 19.1 Å². The first-order valence-electron chi connectivity index (χ1n) is 5.43. The molecule has 0 fully saturated rings. The van der Waals surface area contributed by atoms with Crippen molar-refractivity contribution >= 4 is 5.71 Å². The van der Waals surface area contributed by atoms with Gasteiger partial charge in [0.25, 0.3) is 0 Å². The van der Waals surface area contributed by atoms with Crippen LogP contribution in [0.25, 0.3) is 0 Å². The molecule has 0 spiro atoms. The second kappa shape index (κ2) is 3.95. The molecule has 0 aromatic heterocycles. The summed E-state index contributed by atoms with van der Waals surface area (Å²) >= 11 is 0. The smallest absolute Gasteiger partial charge is 0.0420 e. The van der Waals surface area contributed by atoms with Gasteiger partial charge in [-0.2, -0.15) is 0 Å². The number of fused-ring (bicyclic) bond motifs is 1. The second-order valence-electron chi connectivity index (χ2n) is 3.87. The molecule has 0 bridgehead atoms. The maximum absolute atomic E-state index is 4.38. The minimum Gasteiger partial charge on any atom is -0.292 e. The molecule has 0 N–H and O–H groups in total. The van der Waals surface area contributed by atoms with Gasteiger partial charge in [-0.25, -0.2) is 0 Å². The number of rotatable bonds is 1. The Balaban J connectivity index is 2.49. The Hall–Kier alpha value is -1.11. The lowest BCUT2D eigenvalue weighted by atomic mass is 9.88. The molecule has 1 aliphatic carbocycles. The van der Waals surface area contributed by atoms with Crippen LogP contribution in [-0.4, -0.2) is 12.8 Å². The molecule has 0 heterocycles. The quantitative estimate of drug-likeness (QED) is 0.641. The lowest BCUT2D eigenvalue weighted by Crippen LogP contribution is -2.12. The maximum Gasteiger partial charge on any atom is 0.0420 e. The van der Waals surface area contributed by atoms with E-state index in [0.717, 1.165) is 12.8 Å². The molecule has 74 valence electrons. The van der Waals surface area contributed by atoms with Gasteiger partial charge in [0.1, 0.15) is 0 Å². The van der Waals surface area contributed by atoms with Crippen molar-refractivity contribution in [3.8, 4) is 0 Å². The van der Waals surface area contributed by atoms with Gasteiger partial charge in [0.2, 0.25) is 0 Å². The highest BCUT2D eigenvalue weighted by molar-refractivity contribution is 6.02. The number of aryl methyl sites for hydroxylation is 2. The lowest BCUT2D eigenvalue weighted by molar-refractivity contribution is 0.835. The van der Waals surface area contributed by atoms with E-state index in [0.29, 0.717) is 0 Å². The van der Waals surface area contributed by atoms with E-state index in [4.69, 9.17) is 0 Å². The third kappa shape index (κ3) is 1.59. The second-order valence-corrected chi connectivity index (χ2v) is 3.87. The molecule has 0 saturated heterocycles. The number of hydrogen-bond donors (Lipinski definition) is 0. The summed E-state index contributed by atoms with van der Waals surface area (Å²) in [7, 11) is 1.91.